The van der Waals surface area contributed by atoms with E-state index in [9.17, 15) is 0 Å². The maximum absolute atomic E-state index is 4.58. The molecule has 1 saturated heterocycles. The average Bonchev–Trinajstić information content (AvgIpc) is 3.04. The predicted molar refractivity (Wildman–Crippen MR) is 88.0 cm³/mol. The van der Waals surface area contributed by atoms with E-state index in [1.54, 1.807) is 0 Å². The maximum atomic E-state index is 4.58. The molecule has 0 spiro atoms. The molecule has 0 saturated carbocycles. The molecule has 0 aliphatic carbocycles. The standard InChI is InChI=1S/C15H28N6/c1-4-8-16-13-18-14(17-11-12(3)5-2)20-15(19-13)21-9-6-7-10-21/h12H,4-11H2,1-3H3,(H2,16,17,18,19,20). The van der Waals surface area contributed by atoms with Crippen molar-refractivity contribution in [2.24, 2.45) is 5.92 Å². The fraction of sp³-hybridized carbons (Fsp3) is 0.800. The molecular weight excluding hydrogens is 264 g/mol. The highest BCUT2D eigenvalue weighted by Crippen LogP contribution is 2.18. The number of nitrogens with one attached hydrogen (secondary N) is 2. The van der Waals surface area contributed by atoms with Gasteiger partial charge in [-0.3, -0.25) is 0 Å². The monoisotopic (exact) mass is 292 g/mol. The van der Waals surface area contributed by atoms with Gasteiger partial charge in [0, 0.05) is 26.2 Å². The quantitative estimate of drug-likeness (QED) is 0.768. The summed E-state index contributed by atoms with van der Waals surface area (Å²) in [6.45, 7) is 10.4. The molecule has 1 aromatic rings. The van der Waals surface area contributed by atoms with E-state index >= 15 is 0 Å². The molecule has 1 atom stereocenters. The van der Waals surface area contributed by atoms with Gasteiger partial charge in [-0.15, -0.1) is 0 Å². The zero-order chi connectivity index (χ0) is 15.1. The van der Waals surface area contributed by atoms with Crippen molar-refractivity contribution < 1.29 is 0 Å². The lowest BCUT2D eigenvalue weighted by Gasteiger charge is -2.18. The Hall–Kier alpha value is -1.59. The topological polar surface area (TPSA) is 66.0 Å². The van der Waals surface area contributed by atoms with Gasteiger partial charge in [0.05, 0.1) is 0 Å². The van der Waals surface area contributed by atoms with Crippen LogP contribution in [0.15, 0.2) is 0 Å². The van der Waals surface area contributed by atoms with Gasteiger partial charge in [-0.1, -0.05) is 27.2 Å². The van der Waals surface area contributed by atoms with E-state index in [0.29, 0.717) is 17.8 Å². The third-order valence-electron chi connectivity index (χ3n) is 3.85. The summed E-state index contributed by atoms with van der Waals surface area (Å²) in [5.41, 5.74) is 0. The summed E-state index contributed by atoms with van der Waals surface area (Å²) < 4.78 is 0. The molecule has 1 aliphatic heterocycles. The fourth-order valence-electron chi connectivity index (χ4n) is 2.23. The van der Waals surface area contributed by atoms with Crippen LogP contribution in [-0.4, -0.2) is 41.1 Å². The molecule has 1 aliphatic rings. The van der Waals surface area contributed by atoms with Gasteiger partial charge in [-0.25, -0.2) is 0 Å². The van der Waals surface area contributed by atoms with Crippen molar-refractivity contribution in [1.82, 2.24) is 15.0 Å². The third kappa shape index (κ3) is 4.72. The Morgan fingerprint density at radius 2 is 1.71 bits per heavy atom. The summed E-state index contributed by atoms with van der Waals surface area (Å²) in [7, 11) is 0. The normalized spacial score (nSPS) is 16.0. The molecule has 0 amide bonds. The van der Waals surface area contributed by atoms with Crippen LogP contribution < -0.4 is 15.5 Å². The van der Waals surface area contributed by atoms with E-state index in [4.69, 9.17) is 0 Å². The Morgan fingerprint density at radius 1 is 1.05 bits per heavy atom. The summed E-state index contributed by atoms with van der Waals surface area (Å²) in [5.74, 6) is 2.78. The first-order valence-electron chi connectivity index (χ1n) is 8.21. The summed E-state index contributed by atoms with van der Waals surface area (Å²) in [4.78, 5) is 15.9. The van der Waals surface area contributed by atoms with Crippen molar-refractivity contribution in [2.45, 2.75) is 46.5 Å². The second kappa shape index (κ2) is 8.00. The van der Waals surface area contributed by atoms with Gasteiger partial charge in [0.2, 0.25) is 17.8 Å². The summed E-state index contributed by atoms with van der Waals surface area (Å²) in [6, 6.07) is 0. The lowest BCUT2D eigenvalue weighted by molar-refractivity contribution is 0.591. The van der Waals surface area contributed by atoms with E-state index in [2.05, 4.69) is 51.3 Å². The molecular formula is C15H28N6. The summed E-state index contributed by atoms with van der Waals surface area (Å²) in [6.07, 6.45) is 4.65. The van der Waals surface area contributed by atoms with Crippen molar-refractivity contribution in [2.75, 3.05) is 41.7 Å². The highest BCUT2D eigenvalue weighted by molar-refractivity contribution is 5.44. The first-order valence-corrected chi connectivity index (χ1v) is 8.21. The van der Waals surface area contributed by atoms with Crippen LogP contribution in [0.2, 0.25) is 0 Å². The molecule has 0 aromatic carbocycles. The van der Waals surface area contributed by atoms with Crippen LogP contribution >= 0.6 is 0 Å². The number of rotatable bonds is 8. The van der Waals surface area contributed by atoms with Crippen LogP contribution in [-0.2, 0) is 0 Å². The molecule has 21 heavy (non-hydrogen) atoms. The Morgan fingerprint density at radius 3 is 2.33 bits per heavy atom. The molecule has 2 heterocycles. The lowest BCUT2D eigenvalue weighted by atomic mass is 10.1. The smallest absolute Gasteiger partial charge is 0.231 e. The van der Waals surface area contributed by atoms with E-state index < -0.39 is 0 Å². The lowest BCUT2D eigenvalue weighted by Crippen LogP contribution is -2.23. The van der Waals surface area contributed by atoms with Crippen molar-refractivity contribution >= 4 is 17.8 Å². The molecule has 6 heteroatoms. The van der Waals surface area contributed by atoms with Crippen LogP contribution in [0, 0.1) is 5.92 Å². The third-order valence-corrected chi connectivity index (χ3v) is 3.85. The molecule has 0 bridgehead atoms. The number of hydrogen-bond acceptors (Lipinski definition) is 6. The van der Waals surface area contributed by atoms with Crippen LogP contribution in [0.1, 0.15) is 46.5 Å². The molecule has 0 radical (unpaired) electrons. The first kappa shape index (κ1) is 15.8. The molecule has 1 fully saturated rings. The minimum atomic E-state index is 0.615. The zero-order valence-corrected chi connectivity index (χ0v) is 13.5. The van der Waals surface area contributed by atoms with Gasteiger partial charge in [0.15, 0.2) is 0 Å². The number of aromatic nitrogens is 3. The SMILES string of the molecule is CCCNc1nc(NCC(C)CC)nc(N2CCCC2)n1. The van der Waals surface area contributed by atoms with Gasteiger partial charge in [-0.05, 0) is 25.2 Å². The van der Waals surface area contributed by atoms with Crippen LogP contribution in [0.25, 0.3) is 0 Å². The molecule has 6 nitrogen and oxygen atoms in total. The molecule has 118 valence electrons. The molecule has 2 rings (SSSR count). The van der Waals surface area contributed by atoms with Crippen molar-refractivity contribution in [1.29, 1.82) is 0 Å². The minimum absolute atomic E-state index is 0.615. The average molecular weight is 292 g/mol. The molecule has 2 N–H and O–H groups in total. The van der Waals surface area contributed by atoms with Gasteiger partial charge in [0.1, 0.15) is 0 Å². The fourth-order valence-corrected chi connectivity index (χ4v) is 2.23. The van der Waals surface area contributed by atoms with Gasteiger partial charge >= 0.3 is 0 Å². The maximum Gasteiger partial charge on any atom is 0.231 e. The number of hydrogen-bond donors (Lipinski definition) is 2. The van der Waals surface area contributed by atoms with E-state index in [0.717, 1.165) is 45.0 Å². The van der Waals surface area contributed by atoms with Crippen LogP contribution in [0.3, 0.4) is 0 Å². The Labute approximate surface area is 127 Å². The van der Waals surface area contributed by atoms with Gasteiger partial charge < -0.3 is 15.5 Å². The predicted octanol–water partition coefficient (Wildman–Crippen LogP) is 2.75. The highest BCUT2D eigenvalue weighted by Gasteiger charge is 2.17. The first-order chi connectivity index (χ1) is 10.2. The number of anilines is 3. The highest BCUT2D eigenvalue weighted by atomic mass is 15.3. The second-order valence-electron chi connectivity index (χ2n) is 5.80. The van der Waals surface area contributed by atoms with E-state index in [-0.39, 0.29) is 0 Å². The second-order valence-corrected chi connectivity index (χ2v) is 5.80. The Bertz CT molecular complexity index is 430. The van der Waals surface area contributed by atoms with Crippen molar-refractivity contribution in [3.63, 3.8) is 0 Å². The van der Waals surface area contributed by atoms with Gasteiger partial charge in [0.25, 0.3) is 0 Å². The largest absolute Gasteiger partial charge is 0.354 e. The van der Waals surface area contributed by atoms with Crippen LogP contribution in [0.4, 0.5) is 17.8 Å². The van der Waals surface area contributed by atoms with Crippen molar-refractivity contribution in [3.05, 3.63) is 0 Å². The Balaban J connectivity index is 2.11. The zero-order valence-electron chi connectivity index (χ0n) is 13.5. The van der Waals surface area contributed by atoms with Crippen LogP contribution in [0.5, 0.6) is 0 Å². The van der Waals surface area contributed by atoms with E-state index in [1.165, 1.54) is 12.8 Å². The summed E-state index contributed by atoms with van der Waals surface area (Å²) in [5, 5.41) is 6.62. The summed E-state index contributed by atoms with van der Waals surface area (Å²) >= 11 is 0. The Kier molecular flexibility index (Phi) is 6.02. The van der Waals surface area contributed by atoms with Gasteiger partial charge in [-0.2, -0.15) is 15.0 Å². The number of nitrogens with zero attached hydrogens (tertiary/aromatic N) is 4. The molecule has 1 aromatic heterocycles. The van der Waals surface area contributed by atoms with Crippen molar-refractivity contribution in [3.8, 4) is 0 Å². The van der Waals surface area contributed by atoms with E-state index in [1.807, 2.05) is 0 Å². The molecule has 1 unspecified atom stereocenters. The minimum Gasteiger partial charge on any atom is -0.354 e.